The Kier molecular flexibility index (Phi) is 22.8. The van der Waals surface area contributed by atoms with E-state index in [0.717, 1.165) is 27.8 Å². The van der Waals surface area contributed by atoms with Gasteiger partial charge in [-0.15, -0.1) is 0 Å². The van der Waals surface area contributed by atoms with Gasteiger partial charge in [0, 0.05) is 37.3 Å². The van der Waals surface area contributed by atoms with Gasteiger partial charge in [-0.3, -0.25) is 33.5 Å². The molecule has 7 aromatic rings. The van der Waals surface area contributed by atoms with Crippen molar-refractivity contribution in [2.45, 2.75) is 89.2 Å². The summed E-state index contributed by atoms with van der Waals surface area (Å²) in [6.45, 7) is -1.75. The lowest BCUT2D eigenvalue weighted by Crippen LogP contribution is -2.45. The third-order valence-electron chi connectivity index (χ3n) is 13.6. The summed E-state index contributed by atoms with van der Waals surface area (Å²) < 4.78 is 54.9. The molecule has 0 saturated carbocycles. The van der Waals surface area contributed by atoms with Crippen LogP contribution in [0, 0.1) is 10.1 Å². The molecule has 1 aliphatic carbocycles. The van der Waals surface area contributed by atoms with Crippen molar-refractivity contribution < 1.29 is 71.0 Å². The molecule has 440 valence electrons. The van der Waals surface area contributed by atoms with Crippen molar-refractivity contribution in [3.8, 4) is 11.1 Å². The van der Waals surface area contributed by atoms with Crippen molar-refractivity contribution >= 4 is 49.3 Å². The molecule has 0 spiro atoms. The Hall–Kier alpha value is -9.33. The van der Waals surface area contributed by atoms with Crippen LogP contribution in [0.3, 0.4) is 0 Å². The number of hydrogen-bond acceptors (Lipinski definition) is 16. The van der Waals surface area contributed by atoms with Gasteiger partial charge in [0.1, 0.15) is 51.2 Å². The summed E-state index contributed by atoms with van der Waals surface area (Å²) in [6.07, 6.45) is -2.80. The molecule has 0 bridgehead atoms. The zero-order valence-electron chi connectivity index (χ0n) is 46.2. The lowest BCUT2D eigenvalue weighted by atomic mass is 9.98. The van der Waals surface area contributed by atoms with E-state index in [4.69, 9.17) is 32.7 Å². The SMILES string of the molecule is O=C(CC[C@H](NC(=O)OCC1c2ccccc2-c2ccccc21)C(=O)OCc1ccccc1)N[C@@H](CCOP(=O)(N[C@@H](CCC(=O)OCc1ccccc1)C(=O)OCc1ccccc1)OCc1ccc([N+](=O)[O-])cc1)C(=O)OCc1ccccc1. The van der Waals surface area contributed by atoms with E-state index in [9.17, 15) is 38.9 Å². The molecule has 0 aliphatic heterocycles. The Morgan fingerprint density at radius 3 is 1.38 bits per heavy atom. The fraction of sp³-hybridized carbons (Fsp3) is 0.250. The largest absolute Gasteiger partial charge is 0.461 e. The number of nitro groups is 1. The number of alkyl carbamates (subject to hydrolysis) is 1. The molecular formula is C64H63N4O16P. The van der Waals surface area contributed by atoms with E-state index in [1.54, 1.807) is 115 Å². The number of ether oxygens (including phenoxy) is 5. The maximum atomic E-state index is 15.0. The van der Waals surface area contributed by atoms with Gasteiger partial charge < -0.3 is 34.3 Å². The average molecular weight is 1180 g/mol. The number of benzene rings is 7. The second-order valence-corrected chi connectivity index (χ2v) is 21.4. The van der Waals surface area contributed by atoms with Crippen molar-refractivity contribution in [3.63, 3.8) is 0 Å². The quantitative estimate of drug-likeness (QED) is 0.0120. The van der Waals surface area contributed by atoms with Crippen molar-refractivity contribution in [2.24, 2.45) is 0 Å². The highest BCUT2D eigenvalue weighted by Crippen LogP contribution is 2.47. The molecule has 21 heteroatoms. The van der Waals surface area contributed by atoms with E-state index in [-0.39, 0.29) is 63.9 Å². The lowest BCUT2D eigenvalue weighted by Gasteiger charge is -2.25. The number of carbonyl (C=O) groups is 6. The molecule has 0 aromatic heterocycles. The van der Waals surface area contributed by atoms with Crippen LogP contribution in [0.1, 0.15) is 77.0 Å². The second kappa shape index (κ2) is 31.4. The Balaban J connectivity index is 0.973. The number of rotatable bonds is 31. The van der Waals surface area contributed by atoms with Crippen molar-refractivity contribution in [1.29, 1.82) is 0 Å². The minimum atomic E-state index is -4.76. The molecule has 1 aliphatic rings. The predicted octanol–water partition coefficient (Wildman–Crippen LogP) is 10.5. The van der Waals surface area contributed by atoms with Gasteiger partial charge in [-0.05, 0) is 75.0 Å². The summed E-state index contributed by atoms with van der Waals surface area (Å²) >= 11 is 0. The van der Waals surface area contributed by atoms with Gasteiger partial charge in [0.15, 0.2) is 0 Å². The average Bonchev–Trinajstić information content (AvgIpc) is 2.12. The van der Waals surface area contributed by atoms with Crippen molar-refractivity contribution in [2.75, 3.05) is 13.2 Å². The number of nitrogens with one attached hydrogen (secondary N) is 3. The highest BCUT2D eigenvalue weighted by molar-refractivity contribution is 7.51. The first-order valence-corrected chi connectivity index (χ1v) is 29.0. The van der Waals surface area contributed by atoms with Crippen LogP contribution in [0.25, 0.3) is 11.1 Å². The predicted molar refractivity (Wildman–Crippen MR) is 310 cm³/mol. The number of non-ortho nitro benzene ring substituents is 1. The molecule has 1 unspecified atom stereocenters. The number of amides is 2. The first-order chi connectivity index (χ1) is 41.3. The Morgan fingerprint density at radius 1 is 0.459 bits per heavy atom. The van der Waals surface area contributed by atoms with Crippen molar-refractivity contribution in [1.82, 2.24) is 15.7 Å². The molecule has 4 atom stereocenters. The molecule has 0 heterocycles. The number of hydrogen-bond donors (Lipinski definition) is 3. The van der Waals surface area contributed by atoms with Crippen LogP contribution in [0.5, 0.6) is 0 Å². The van der Waals surface area contributed by atoms with Crippen LogP contribution in [-0.4, -0.2) is 72.1 Å². The van der Waals surface area contributed by atoms with Crippen LogP contribution < -0.4 is 15.7 Å². The normalized spacial score (nSPS) is 13.3. The van der Waals surface area contributed by atoms with Crippen LogP contribution in [-0.2, 0) is 94.3 Å². The van der Waals surface area contributed by atoms with Gasteiger partial charge in [-0.1, -0.05) is 170 Å². The van der Waals surface area contributed by atoms with E-state index in [2.05, 4.69) is 15.7 Å². The molecule has 0 radical (unpaired) electrons. The summed E-state index contributed by atoms with van der Waals surface area (Å²) in [5.41, 5.74) is 6.71. The molecule has 20 nitrogen and oxygen atoms in total. The number of carbonyl (C=O) groups excluding carboxylic acids is 6. The summed E-state index contributed by atoms with van der Waals surface area (Å²) in [4.78, 5) is 93.2. The minimum absolute atomic E-state index is 0.0538. The van der Waals surface area contributed by atoms with E-state index in [0.29, 0.717) is 22.3 Å². The summed E-state index contributed by atoms with van der Waals surface area (Å²) in [6, 6.07) is 51.5. The van der Waals surface area contributed by atoms with E-state index in [1.165, 1.54) is 24.3 Å². The minimum Gasteiger partial charge on any atom is -0.461 e. The van der Waals surface area contributed by atoms with Gasteiger partial charge in [0.25, 0.3) is 5.69 Å². The first kappa shape index (κ1) is 61.7. The Morgan fingerprint density at radius 2 is 0.882 bits per heavy atom. The van der Waals surface area contributed by atoms with E-state index >= 15 is 4.57 Å². The number of nitrogens with zero attached hydrogens (tertiary/aromatic N) is 1. The second-order valence-electron chi connectivity index (χ2n) is 19.6. The van der Waals surface area contributed by atoms with Crippen molar-refractivity contribution in [3.05, 3.63) is 243 Å². The molecular weight excluding hydrogens is 1110 g/mol. The highest BCUT2D eigenvalue weighted by Gasteiger charge is 2.36. The molecule has 0 fully saturated rings. The summed E-state index contributed by atoms with van der Waals surface area (Å²) in [7, 11) is -4.76. The summed E-state index contributed by atoms with van der Waals surface area (Å²) in [5.74, 6) is -4.47. The topological polar surface area (TPSA) is 263 Å². The Bertz CT molecular complexity index is 3370. The van der Waals surface area contributed by atoms with Gasteiger partial charge in [0.2, 0.25) is 5.91 Å². The molecule has 3 N–H and O–H groups in total. The molecule has 8 rings (SSSR count). The maximum Gasteiger partial charge on any atom is 0.407 e. The number of nitro benzene ring substituents is 1. The van der Waals surface area contributed by atoms with Crippen LogP contribution >= 0.6 is 7.75 Å². The summed E-state index contributed by atoms with van der Waals surface area (Å²) in [5, 5.41) is 19.3. The molecule has 85 heavy (non-hydrogen) atoms. The van der Waals surface area contributed by atoms with Gasteiger partial charge in [-0.25, -0.2) is 24.0 Å². The Labute approximate surface area is 490 Å². The third kappa shape index (κ3) is 19.1. The maximum absolute atomic E-state index is 15.0. The molecule has 2 amide bonds. The van der Waals surface area contributed by atoms with Gasteiger partial charge in [-0.2, -0.15) is 0 Å². The van der Waals surface area contributed by atoms with Gasteiger partial charge >= 0.3 is 37.7 Å². The van der Waals surface area contributed by atoms with Gasteiger partial charge in [0.05, 0.1) is 18.1 Å². The van der Waals surface area contributed by atoms with Crippen LogP contribution in [0.4, 0.5) is 10.5 Å². The standard InChI is InChI=1S/C64H63N4O16P/c69-59(35-33-56(61(71)79-40-46-19-7-2-8-20-46)66-64(74)82-44-55-53-27-15-13-25-51(53)52-26-14-16-28-54(52)55)65-57(62(72)80-41-47-21-9-3-10-22-47)37-38-83-85(77,84-43-49-29-31-50(32-30-49)68(75)76)67-58(63(73)81-42-48-23-11-4-12-24-48)34-36-60(70)78-39-45-17-5-1-6-18-45/h1-32,55-58H,33-44H2,(H,65,69)(H,66,74)(H,67,77)/t56-,57-,58-,85?/m0/s1. The molecule has 7 aromatic carbocycles. The lowest BCUT2D eigenvalue weighted by molar-refractivity contribution is -0.384. The van der Waals surface area contributed by atoms with E-state index in [1.807, 2.05) is 54.6 Å². The molecule has 0 saturated heterocycles. The first-order valence-electron chi connectivity index (χ1n) is 27.4. The van der Waals surface area contributed by atoms with Crippen LogP contribution in [0.2, 0.25) is 0 Å². The number of esters is 4. The number of fused-ring (bicyclic) bond motifs is 3. The highest BCUT2D eigenvalue weighted by atomic mass is 31.2. The fourth-order valence-electron chi connectivity index (χ4n) is 9.08. The zero-order chi connectivity index (χ0) is 59.8. The third-order valence-corrected chi connectivity index (χ3v) is 15.2. The van der Waals surface area contributed by atoms with E-state index < -0.39 is 92.7 Å². The smallest absolute Gasteiger partial charge is 0.407 e. The monoisotopic (exact) mass is 1170 g/mol. The zero-order valence-corrected chi connectivity index (χ0v) is 47.1. The fourth-order valence-corrected chi connectivity index (χ4v) is 10.6. The van der Waals surface area contributed by atoms with Crippen LogP contribution in [0.15, 0.2) is 194 Å².